The molecule has 0 unspecified atom stereocenters. The molecule has 0 saturated carbocycles. The summed E-state index contributed by atoms with van der Waals surface area (Å²) in [5.74, 6) is -0.219. The number of nitrogens with one attached hydrogen (secondary N) is 2. The minimum absolute atomic E-state index is 0.219. The number of carbonyl (C=O) groups is 1. The predicted molar refractivity (Wildman–Crippen MR) is 62.3 cm³/mol. The van der Waals surface area contributed by atoms with Gasteiger partial charge in [0.25, 0.3) is 5.91 Å². The van der Waals surface area contributed by atoms with Crippen LogP contribution in [0.1, 0.15) is 16.1 Å². The van der Waals surface area contributed by atoms with E-state index in [4.69, 9.17) is 0 Å². The number of hydrogen-bond donors (Lipinski definition) is 2. The number of carbonyl (C=O) groups excluding carboxylic acids is 1. The van der Waals surface area contributed by atoms with Gasteiger partial charge in [0.15, 0.2) is 0 Å². The van der Waals surface area contributed by atoms with Crippen molar-refractivity contribution in [2.45, 2.75) is 0 Å². The highest BCUT2D eigenvalue weighted by molar-refractivity contribution is 5.94. The molecule has 1 amide bonds. The van der Waals surface area contributed by atoms with Gasteiger partial charge in [-0.2, -0.15) is 5.10 Å². The average Bonchev–Trinajstić information content (AvgIpc) is 2.83. The van der Waals surface area contributed by atoms with Crippen LogP contribution in [-0.2, 0) is 0 Å². The summed E-state index contributed by atoms with van der Waals surface area (Å²) in [7, 11) is 0. The van der Waals surface area contributed by atoms with Gasteiger partial charge in [-0.1, -0.05) is 18.2 Å². The van der Waals surface area contributed by atoms with Crippen LogP contribution >= 0.6 is 0 Å². The average molecular weight is 213 g/mol. The molecule has 0 aliphatic rings. The number of H-pyrrole nitrogens is 1. The van der Waals surface area contributed by atoms with E-state index in [1.165, 1.54) is 0 Å². The van der Waals surface area contributed by atoms with Gasteiger partial charge in [0, 0.05) is 11.8 Å². The summed E-state index contributed by atoms with van der Waals surface area (Å²) in [6.45, 7) is 0. The molecule has 16 heavy (non-hydrogen) atoms. The van der Waals surface area contributed by atoms with E-state index in [1.54, 1.807) is 24.5 Å². The summed E-state index contributed by atoms with van der Waals surface area (Å²) in [4.78, 5) is 14.5. The van der Waals surface area contributed by atoms with Crippen molar-refractivity contribution in [3.8, 4) is 0 Å². The van der Waals surface area contributed by atoms with Crippen LogP contribution in [0.5, 0.6) is 0 Å². The zero-order valence-electron chi connectivity index (χ0n) is 8.55. The largest absolute Gasteiger partial charge is 0.360 e. The van der Waals surface area contributed by atoms with E-state index in [0.29, 0.717) is 5.56 Å². The number of aromatic amines is 1. The molecule has 1 aromatic heterocycles. The third-order valence-corrected chi connectivity index (χ3v) is 2.03. The molecule has 2 N–H and O–H groups in total. The van der Waals surface area contributed by atoms with Crippen molar-refractivity contribution in [1.82, 2.24) is 10.4 Å². The van der Waals surface area contributed by atoms with E-state index in [0.717, 1.165) is 5.69 Å². The molecule has 2 aromatic rings. The number of rotatable bonds is 3. The Kier molecular flexibility index (Phi) is 3.13. The Labute approximate surface area is 93.0 Å². The summed E-state index contributed by atoms with van der Waals surface area (Å²) >= 11 is 0. The number of amides is 1. The van der Waals surface area contributed by atoms with Gasteiger partial charge < -0.3 is 4.98 Å². The fourth-order valence-corrected chi connectivity index (χ4v) is 1.24. The Bertz CT molecular complexity index is 474. The molecule has 4 nitrogen and oxygen atoms in total. The van der Waals surface area contributed by atoms with Crippen LogP contribution in [0.3, 0.4) is 0 Å². The number of hydrazone groups is 1. The van der Waals surface area contributed by atoms with Crippen molar-refractivity contribution in [3.05, 3.63) is 59.9 Å². The lowest BCUT2D eigenvalue weighted by atomic mass is 10.2. The SMILES string of the molecule is O=C(N/N=C\c1ccc[nH]1)c1ccccc1. The smallest absolute Gasteiger partial charge is 0.271 e. The van der Waals surface area contributed by atoms with Crippen LogP contribution in [0.25, 0.3) is 0 Å². The molecule has 0 aliphatic heterocycles. The Morgan fingerprint density at radius 1 is 1.19 bits per heavy atom. The summed E-state index contributed by atoms with van der Waals surface area (Å²) < 4.78 is 0. The Morgan fingerprint density at radius 2 is 2.00 bits per heavy atom. The van der Waals surface area contributed by atoms with E-state index in [2.05, 4.69) is 15.5 Å². The molecule has 0 saturated heterocycles. The molecule has 0 radical (unpaired) electrons. The van der Waals surface area contributed by atoms with Crippen molar-refractivity contribution in [2.75, 3.05) is 0 Å². The molecule has 0 bridgehead atoms. The van der Waals surface area contributed by atoms with E-state index in [-0.39, 0.29) is 5.91 Å². The van der Waals surface area contributed by atoms with Crippen molar-refractivity contribution in [3.63, 3.8) is 0 Å². The highest BCUT2D eigenvalue weighted by Gasteiger charge is 2.01. The molecular formula is C12H11N3O. The first-order valence-corrected chi connectivity index (χ1v) is 4.88. The summed E-state index contributed by atoms with van der Waals surface area (Å²) in [6, 6.07) is 12.7. The second-order valence-electron chi connectivity index (χ2n) is 3.19. The van der Waals surface area contributed by atoms with Crippen molar-refractivity contribution in [1.29, 1.82) is 0 Å². The van der Waals surface area contributed by atoms with Crippen LogP contribution < -0.4 is 5.43 Å². The second kappa shape index (κ2) is 4.93. The molecule has 0 spiro atoms. The summed E-state index contributed by atoms with van der Waals surface area (Å²) in [5, 5.41) is 3.83. The second-order valence-corrected chi connectivity index (χ2v) is 3.19. The van der Waals surface area contributed by atoms with E-state index in [9.17, 15) is 4.79 Å². The Hall–Kier alpha value is -2.36. The van der Waals surface area contributed by atoms with E-state index in [1.807, 2.05) is 30.3 Å². The van der Waals surface area contributed by atoms with Crippen LogP contribution in [0, 0.1) is 0 Å². The van der Waals surface area contributed by atoms with E-state index < -0.39 is 0 Å². The predicted octanol–water partition coefficient (Wildman–Crippen LogP) is 1.78. The third kappa shape index (κ3) is 2.57. The number of nitrogens with zero attached hydrogens (tertiary/aromatic N) is 1. The van der Waals surface area contributed by atoms with Crippen LogP contribution in [0.4, 0.5) is 0 Å². The van der Waals surface area contributed by atoms with Gasteiger partial charge in [-0.3, -0.25) is 4.79 Å². The molecule has 4 heteroatoms. The van der Waals surface area contributed by atoms with Crippen molar-refractivity contribution in [2.24, 2.45) is 5.10 Å². The normalized spacial score (nSPS) is 10.5. The molecule has 1 heterocycles. The van der Waals surface area contributed by atoms with Gasteiger partial charge in [-0.05, 0) is 24.3 Å². The van der Waals surface area contributed by atoms with Crippen LogP contribution in [-0.4, -0.2) is 17.1 Å². The topological polar surface area (TPSA) is 57.2 Å². The van der Waals surface area contributed by atoms with Gasteiger partial charge in [-0.25, -0.2) is 5.43 Å². The van der Waals surface area contributed by atoms with E-state index >= 15 is 0 Å². The molecule has 1 aromatic carbocycles. The van der Waals surface area contributed by atoms with Gasteiger partial charge in [-0.15, -0.1) is 0 Å². The molecule has 0 atom stereocenters. The Balaban J connectivity index is 1.94. The zero-order chi connectivity index (χ0) is 11.2. The number of aromatic nitrogens is 1. The maximum Gasteiger partial charge on any atom is 0.271 e. The highest BCUT2D eigenvalue weighted by Crippen LogP contribution is 1.97. The fourth-order valence-electron chi connectivity index (χ4n) is 1.24. The standard InChI is InChI=1S/C12H11N3O/c16-12(10-5-2-1-3-6-10)15-14-9-11-7-4-8-13-11/h1-9,13H,(H,15,16)/b14-9-. The summed E-state index contributed by atoms with van der Waals surface area (Å²) in [6.07, 6.45) is 3.35. The summed E-state index contributed by atoms with van der Waals surface area (Å²) in [5.41, 5.74) is 3.88. The maximum atomic E-state index is 11.5. The lowest BCUT2D eigenvalue weighted by Crippen LogP contribution is -2.17. The lowest BCUT2D eigenvalue weighted by Gasteiger charge is -1.97. The van der Waals surface area contributed by atoms with Gasteiger partial charge in [0.2, 0.25) is 0 Å². The van der Waals surface area contributed by atoms with Crippen LogP contribution in [0.15, 0.2) is 53.8 Å². The van der Waals surface area contributed by atoms with Gasteiger partial charge in [0.1, 0.15) is 0 Å². The van der Waals surface area contributed by atoms with Gasteiger partial charge >= 0.3 is 0 Å². The van der Waals surface area contributed by atoms with Crippen molar-refractivity contribution >= 4 is 12.1 Å². The molecule has 80 valence electrons. The minimum atomic E-state index is -0.219. The fraction of sp³-hybridized carbons (Fsp3) is 0. The molecule has 0 aliphatic carbocycles. The highest BCUT2D eigenvalue weighted by atomic mass is 16.2. The Morgan fingerprint density at radius 3 is 2.69 bits per heavy atom. The first-order valence-electron chi connectivity index (χ1n) is 4.88. The zero-order valence-corrected chi connectivity index (χ0v) is 8.55. The third-order valence-electron chi connectivity index (χ3n) is 2.03. The maximum absolute atomic E-state index is 11.5. The first-order chi connectivity index (χ1) is 7.86. The molecule has 2 rings (SSSR count). The van der Waals surface area contributed by atoms with Gasteiger partial charge in [0.05, 0.1) is 11.9 Å². The van der Waals surface area contributed by atoms with Crippen molar-refractivity contribution < 1.29 is 4.79 Å². The van der Waals surface area contributed by atoms with Crippen LogP contribution in [0.2, 0.25) is 0 Å². The monoisotopic (exact) mass is 213 g/mol. The number of benzene rings is 1. The molecule has 0 fully saturated rings. The number of hydrogen-bond acceptors (Lipinski definition) is 2. The minimum Gasteiger partial charge on any atom is -0.360 e. The molecular weight excluding hydrogens is 202 g/mol. The quantitative estimate of drug-likeness (QED) is 0.592. The first kappa shape index (κ1) is 10.2. The lowest BCUT2D eigenvalue weighted by molar-refractivity contribution is 0.0955.